The molecule has 0 radical (unpaired) electrons. The van der Waals surface area contributed by atoms with Gasteiger partial charge in [-0.3, -0.25) is 4.79 Å². The predicted octanol–water partition coefficient (Wildman–Crippen LogP) is 1.79. The quantitative estimate of drug-likeness (QED) is 0.461. The minimum absolute atomic E-state index is 0.00868. The Hall–Kier alpha value is -3.06. The second-order valence-corrected chi connectivity index (χ2v) is 7.15. The molecule has 0 amide bonds. The summed E-state index contributed by atoms with van der Waals surface area (Å²) in [5.74, 6) is 2.00. The Balaban J connectivity index is 1.97. The molecule has 0 aliphatic rings. The van der Waals surface area contributed by atoms with Crippen molar-refractivity contribution in [2.24, 2.45) is 0 Å². The second kappa shape index (κ2) is 8.75. The number of quaternary nitrogens is 1. The molecule has 0 bridgehead atoms. The van der Waals surface area contributed by atoms with E-state index in [1.54, 1.807) is 17.8 Å². The Morgan fingerprint density at radius 2 is 1.93 bits per heavy atom. The van der Waals surface area contributed by atoms with Crippen molar-refractivity contribution in [1.29, 1.82) is 0 Å². The van der Waals surface area contributed by atoms with Crippen LogP contribution in [0.2, 0.25) is 0 Å². The first-order valence-electron chi connectivity index (χ1n) is 9.49. The van der Waals surface area contributed by atoms with E-state index in [0.29, 0.717) is 17.2 Å². The molecule has 0 fully saturated rings. The van der Waals surface area contributed by atoms with Crippen LogP contribution in [0.1, 0.15) is 29.4 Å². The number of hydrogen-bond acceptors (Lipinski definition) is 5. The molecule has 28 heavy (non-hydrogen) atoms. The van der Waals surface area contributed by atoms with Crippen LogP contribution in [0.25, 0.3) is 17.2 Å². The van der Waals surface area contributed by atoms with E-state index in [1.165, 1.54) is 4.90 Å². The van der Waals surface area contributed by atoms with Gasteiger partial charge in [0.25, 0.3) is 0 Å². The van der Waals surface area contributed by atoms with Gasteiger partial charge in [-0.25, -0.2) is 14.6 Å². The predicted molar refractivity (Wildman–Crippen MR) is 110 cm³/mol. The van der Waals surface area contributed by atoms with Gasteiger partial charge >= 0.3 is 0 Å². The van der Waals surface area contributed by atoms with Crippen molar-refractivity contribution in [3.05, 3.63) is 53.9 Å². The highest BCUT2D eigenvalue weighted by Crippen LogP contribution is 2.21. The van der Waals surface area contributed by atoms with Crippen LogP contribution in [-0.2, 0) is 0 Å². The van der Waals surface area contributed by atoms with Gasteiger partial charge in [0.15, 0.2) is 17.4 Å². The molecule has 0 unspecified atom stereocenters. The van der Waals surface area contributed by atoms with Crippen molar-refractivity contribution in [3.63, 3.8) is 0 Å². The van der Waals surface area contributed by atoms with Gasteiger partial charge in [-0.15, -0.1) is 0 Å². The van der Waals surface area contributed by atoms with E-state index in [4.69, 9.17) is 4.98 Å². The van der Waals surface area contributed by atoms with Gasteiger partial charge in [0.05, 0.1) is 38.1 Å². The van der Waals surface area contributed by atoms with E-state index in [0.717, 1.165) is 36.6 Å². The fourth-order valence-corrected chi connectivity index (χ4v) is 2.99. The third-order valence-corrected chi connectivity index (χ3v) is 4.51. The van der Waals surface area contributed by atoms with E-state index in [1.807, 2.05) is 43.3 Å². The number of nitrogens with one attached hydrogen (secondary N) is 2. The lowest BCUT2D eigenvalue weighted by molar-refractivity contribution is -0.858. The Morgan fingerprint density at radius 1 is 1.18 bits per heavy atom. The van der Waals surface area contributed by atoms with Crippen molar-refractivity contribution < 1.29 is 9.69 Å². The van der Waals surface area contributed by atoms with E-state index in [-0.39, 0.29) is 5.78 Å². The highest BCUT2D eigenvalue weighted by atomic mass is 16.1. The van der Waals surface area contributed by atoms with Crippen molar-refractivity contribution in [2.75, 3.05) is 32.5 Å². The zero-order chi connectivity index (χ0) is 20.1. The maximum absolute atomic E-state index is 11.8. The number of hydrogen-bond donors (Lipinski definition) is 2. The molecule has 0 saturated heterocycles. The van der Waals surface area contributed by atoms with E-state index in [9.17, 15) is 4.79 Å². The fraction of sp³-hybridized carbons (Fsp3) is 0.333. The molecule has 2 N–H and O–H groups in total. The molecule has 3 aromatic rings. The van der Waals surface area contributed by atoms with Gasteiger partial charge in [0, 0.05) is 24.6 Å². The largest absolute Gasteiger partial charge is 0.370 e. The molecule has 0 spiro atoms. The lowest BCUT2D eigenvalue weighted by Gasteiger charge is -2.12. The van der Waals surface area contributed by atoms with Crippen LogP contribution in [0.15, 0.2) is 42.6 Å². The Bertz CT molecular complexity index is 949. The lowest BCUT2D eigenvalue weighted by atomic mass is 10.2. The van der Waals surface area contributed by atoms with Crippen molar-refractivity contribution in [3.8, 4) is 17.2 Å². The minimum atomic E-state index is -0.00868. The normalized spacial score (nSPS) is 11.0. The molecule has 1 aromatic carbocycles. The maximum atomic E-state index is 11.8. The number of Topliss-reactive ketones (excluding diaryl/α,β-unsaturated/α-hetero) is 1. The summed E-state index contributed by atoms with van der Waals surface area (Å²) in [5.41, 5.74) is 2.30. The molecule has 2 aromatic heterocycles. The Morgan fingerprint density at radius 3 is 2.57 bits per heavy atom. The SMILES string of the molecule is CC(=O)c1cnn(-c2cc(NCCC[NH+](C)C)nc(-c3ccccc3)n2)c1C. The zero-order valence-corrected chi connectivity index (χ0v) is 16.9. The summed E-state index contributed by atoms with van der Waals surface area (Å²) in [6, 6.07) is 11.7. The van der Waals surface area contributed by atoms with E-state index < -0.39 is 0 Å². The van der Waals surface area contributed by atoms with Gasteiger partial charge in [-0.1, -0.05) is 30.3 Å². The highest BCUT2D eigenvalue weighted by molar-refractivity contribution is 5.95. The molecular weight excluding hydrogens is 352 g/mol. The van der Waals surface area contributed by atoms with E-state index >= 15 is 0 Å². The van der Waals surface area contributed by atoms with Crippen LogP contribution >= 0.6 is 0 Å². The van der Waals surface area contributed by atoms with Crippen LogP contribution < -0.4 is 10.2 Å². The lowest BCUT2D eigenvalue weighted by Crippen LogP contribution is -3.05. The Labute approximate surface area is 165 Å². The summed E-state index contributed by atoms with van der Waals surface area (Å²) < 4.78 is 1.69. The third-order valence-electron chi connectivity index (χ3n) is 4.51. The molecule has 0 aliphatic heterocycles. The summed E-state index contributed by atoms with van der Waals surface area (Å²) in [7, 11) is 4.28. The first-order valence-corrected chi connectivity index (χ1v) is 9.49. The number of benzene rings is 1. The molecule has 7 nitrogen and oxygen atoms in total. The average Bonchev–Trinajstić information content (AvgIpc) is 3.07. The molecule has 146 valence electrons. The smallest absolute Gasteiger partial charge is 0.163 e. The van der Waals surface area contributed by atoms with Crippen LogP contribution in [0.5, 0.6) is 0 Å². The first kappa shape index (κ1) is 19.7. The van der Waals surface area contributed by atoms with Crippen molar-refractivity contribution >= 4 is 11.6 Å². The number of carbonyl (C=O) groups is 1. The van der Waals surface area contributed by atoms with Crippen LogP contribution in [0, 0.1) is 6.92 Å². The topological polar surface area (TPSA) is 77.1 Å². The first-order chi connectivity index (χ1) is 13.5. The van der Waals surface area contributed by atoms with Crippen LogP contribution in [0.4, 0.5) is 5.82 Å². The number of aromatic nitrogens is 4. The molecule has 7 heteroatoms. The molecule has 3 rings (SSSR count). The standard InChI is InChI=1S/C21H26N6O/c1-15-18(16(2)28)14-23-27(15)20-13-19(22-11-8-12-26(3)4)24-21(25-20)17-9-6-5-7-10-17/h5-7,9-10,13-14H,8,11-12H2,1-4H3,(H,22,24,25)/p+1. The van der Waals surface area contributed by atoms with E-state index in [2.05, 4.69) is 29.5 Å². The summed E-state index contributed by atoms with van der Waals surface area (Å²) in [5, 5.41) is 7.77. The maximum Gasteiger partial charge on any atom is 0.163 e. The monoisotopic (exact) mass is 379 g/mol. The summed E-state index contributed by atoms with van der Waals surface area (Å²) in [6.45, 7) is 5.33. The summed E-state index contributed by atoms with van der Waals surface area (Å²) >= 11 is 0. The van der Waals surface area contributed by atoms with Gasteiger partial charge in [0.2, 0.25) is 0 Å². The molecule has 0 aliphatic carbocycles. The van der Waals surface area contributed by atoms with Crippen molar-refractivity contribution in [1.82, 2.24) is 19.7 Å². The van der Waals surface area contributed by atoms with Crippen LogP contribution in [-0.4, -0.2) is 52.7 Å². The summed E-state index contributed by atoms with van der Waals surface area (Å²) in [4.78, 5) is 22.6. The van der Waals surface area contributed by atoms with Gasteiger partial charge < -0.3 is 10.2 Å². The number of carbonyl (C=O) groups excluding carboxylic acids is 1. The van der Waals surface area contributed by atoms with Gasteiger partial charge in [-0.2, -0.15) is 5.10 Å². The molecule has 0 atom stereocenters. The molecular formula is C21H27N6O+. The molecule has 0 saturated carbocycles. The summed E-state index contributed by atoms with van der Waals surface area (Å²) in [6.07, 6.45) is 2.63. The van der Waals surface area contributed by atoms with Gasteiger partial charge in [0.1, 0.15) is 5.82 Å². The van der Waals surface area contributed by atoms with Gasteiger partial charge in [-0.05, 0) is 13.8 Å². The second-order valence-electron chi connectivity index (χ2n) is 7.15. The third kappa shape index (κ3) is 4.61. The zero-order valence-electron chi connectivity index (χ0n) is 16.9. The molecule has 2 heterocycles. The van der Waals surface area contributed by atoms with Crippen LogP contribution in [0.3, 0.4) is 0 Å². The van der Waals surface area contributed by atoms with Crippen molar-refractivity contribution in [2.45, 2.75) is 20.3 Å². The Kier molecular flexibility index (Phi) is 6.16. The number of anilines is 1. The average molecular weight is 379 g/mol. The fourth-order valence-electron chi connectivity index (χ4n) is 2.99. The number of nitrogens with zero attached hydrogens (tertiary/aromatic N) is 4. The number of ketones is 1. The highest BCUT2D eigenvalue weighted by Gasteiger charge is 2.15. The minimum Gasteiger partial charge on any atom is -0.370 e. The number of rotatable bonds is 8.